The molecule has 1 aromatic heterocycles. The van der Waals surface area contributed by atoms with Crippen LogP contribution in [0.3, 0.4) is 0 Å². The van der Waals surface area contributed by atoms with Gasteiger partial charge in [0.2, 0.25) is 0 Å². The molecule has 2 rings (SSSR count). The highest BCUT2D eigenvalue weighted by Gasteiger charge is 2.31. The molecular formula is C16H27NS. The van der Waals surface area contributed by atoms with Crippen LogP contribution >= 0.6 is 11.3 Å². The molecule has 0 aromatic carbocycles. The van der Waals surface area contributed by atoms with E-state index in [1.165, 1.54) is 24.8 Å². The third-order valence-electron chi connectivity index (χ3n) is 4.72. The minimum atomic E-state index is 0.588. The maximum absolute atomic E-state index is 3.74. The molecule has 1 aromatic rings. The minimum Gasteiger partial charge on any atom is -0.309 e. The molecule has 0 spiro atoms. The van der Waals surface area contributed by atoms with E-state index in [0.29, 0.717) is 6.04 Å². The Morgan fingerprint density at radius 1 is 1.33 bits per heavy atom. The van der Waals surface area contributed by atoms with Crippen LogP contribution in [0.15, 0.2) is 11.4 Å². The minimum absolute atomic E-state index is 0.588. The Morgan fingerprint density at radius 3 is 2.67 bits per heavy atom. The number of aryl methyl sites for hydroxylation is 1. The molecule has 0 saturated heterocycles. The molecule has 1 aliphatic carbocycles. The van der Waals surface area contributed by atoms with Crippen LogP contribution in [0.5, 0.6) is 0 Å². The SMILES string of the molecule is CCNC(c1sccc1C)C1CCC(C)C(C)C1. The van der Waals surface area contributed by atoms with Crippen molar-refractivity contribution in [3.05, 3.63) is 21.9 Å². The van der Waals surface area contributed by atoms with Gasteiger partial charge in [0, 0.05) is 10.9 Å². The number of rotatable bonds is 4. The molecule has 2 heteroatoms. The molecule has 102 valence electrons. The van der Waals surface area contributed by atoms with Gasteiger partial charge >= 0.3 is 0 Å². The van der Waals surface area contributed by atoms with Crippen molar-refractivity contribution in [2.45, 2.75) is 53.0 Å². The van der Waals surface area contributed by atoms with Crippen LogP contribution in [0.2, 0.25) is 0 Å². The molecule has 1 N–H and O–H groups in total. The standard InChI is InChI=1S/C16H27NS/c1-5-17-15(16-12(3)8-9-18-16)14-7-6-11(2)13(4)10-14/h8-9,11,13-15,17H,5-7,10H2,1-4H3. The molecule has 1 fully saturated rings. The Hall–Kier alpha value is -0.340. The Balaban J connectivity index is 2.13. The van der Waals surface area contributed by atoms with E-state index < -0.39 is 0 Å². The third kappa shape index (κ3) is 2.97. The summed E-state index contributed by atoms with van der Waals surface area (Å²) in [6.07, 6.45) is 4.18. The van der Waals surface area contributed by atoms with Crippen LogP contribution < -0.4 is 5.32 Å². The van der Waals surface area contributed by atoms with Crippen molar-refractivity contribution in [3.63, 3.8) is 0 Å². The van der Waals surface area contributed by atoms with Crippen LogP contribution in [0, 0.1) is 24.7 Å². The summed E-state index contributed by atoms with van der Waals surface area (Å²) in [6, 6.07) is 2.85. The Bertz CT molecular complexity index is 371. The number of thiophene rings is 1. The lowest BCUT2D eigenvalue weighted by Crippen LogP contribution is -2.33. The van der Waals surface area contributed by atoms with Crippen LogP contribution in [0.1, 0.15) is 56.5 Å². The zero-order chi connectivity index (χ0) is 13.1. The molecular weight excluding hydrogens is 238 g/mol. The van der Waals surface area contributed by atoms with Gasteiger partial charge in [-0.3, -0.25) is 0 Å². The molecule has 0 amide bonds. The molecule has 0 radical (unpaired) electrons. The highest BCUT2D eigenvalue weighted by atomic mass is 32.1. The van der Waals surface area contributed by atoms with Gasteiger partial charge in [-0.05, 0) is 61.1 Å². The van der Waals surface area contributed by atoms with Crippen molar-refractivity contribution < 1.29 is 0 Å². The van der Waals surface area contributed by atoms with E-state index in [-0.39, 0.29) is 0 Å². The fourth-order valence-electron chi connectivity index (χ4n) is 3.29. The van der Waals surface area contributed by atoms with Gasteiger partial charge in [-0.15, -0.1) is 11.3 Å². The number of hydrogen-bond acceptors (Lipinski definition) is 2. The monoisotopic (exact) mass is 265 g/mol. The van der Waals surface area contributed by atoms with Crippen molar-refractivity contribution in [1.82, 2.24) is 5.32 Å². The van der Waals surface area contributed by atoms with Gasteiger partial charge in [0.1, 0.15) is 0 Å². The Kier molecular flexibility index (Phi) is 4.85. The van der Waals surface area contributed by atoms with Gasteiger partial charge in [-0.25, -0.2) is 0 Å². The van der Waals surface area contributed by atoms with Gasteiger partial charge in [0.05, 0.1) is 0 Å². The molecule has 1 nitrogen and oxygen atoms in total. The number of hydrogen-bond donors (Lipinski definition) is 1. The van der Waals surface area contributed by atoms with Crippen molar-refractivity contribution >= 4 is 11.3 Å². The lowest BCUT2D eigenvalue weighted by molar-refractivity contribution is 0.173. The van der Waals surface area contributed by atoms with Crippen molar-refractivity contribution in [3.8, 4) is 0 Å². The van der Waals surface area contributed by atoms with E-state index in [4.69, 9.17) is 0 Å². The predicted octanol–water partition coefficient (Wildman–Crippen LogP) is 4.78. The van der Waals surface area contributed by atoms with Crippen LogP contribution in [-0.4, -0.2) is 6.54 Å². The van der Waals surface area contributed by atoms with Crippen molar-refractivity contribution in [2.75, 3.05) is 6.54 Å². The zero-order valence-corrected chi connectivity index (χ0v) is 13.0. The maximum atomic E-state index is 3.74. The second-order valence-corrected chi connectivity index (χ2v) is 6.98. The van der Waals surface area contributed by atoms with Crippen molar-refractivity contribution in [2.24, 2.45) is 17.8 Å². The third-order valence-corrected chi connectivity index (χ3v) is 5.82. The van der Waals surface area contributed by atoms with E-state index in [9.17, 15) is 0 Å². The van der Waals surface area contributed by atoms with Gasteiger partial charge in [-0.2, -0.15) is 0 Å². The van der Waals surface area contributed by atoms with Gasteiger partial charge < -0.3 is 5.32 Å². The summed E-state index contributed by atoms with van der Waals surface area (Å²) in [7, 11) is 0. The van der Waals surface area contributed by atoms with E-state index in [2.05, 4.69) is 44.5 Å². The van der Waals surface area contributed by atoms with E-state index in [0.717, 1.165) is 24.3 Å². The molecule has 1 aliphatic rings. The molecule has 18 heavy (non-hydrogen) atoms. The smallest absolute Gasteiger partial charge is 0.0446 e. The van der Waals surface area contributed by atoms with E-state index >= 15 is 0 Å². The summed E-state index contributed by atoms with van der Waals surface area (Å²) in [5.41, 5.74) is 1.47. The summed E-state index contributed by atoms with van der Waals surface area (Å²) in [5.74, 6) is 2.62. The Morgan fingerprint density at radius 2 is 2.11 bits per heavy atom. The molecule has 1 heterocycles. The summed E-state index contributed by atoms with van der Waals surface area (Å²) in [6.45, 7) is 10.4. The van der Waals surface area contributed by atoms with Gasteiger partial charge in [0.15, 0.2) is 0 Å². The average molecular weight is 265 g/mol. The summed E-state index contributed by atoms with van der Waals surface area (Å²) in [4.78, 5) is 1.57. The lowest BCUT2D eigenvalue weighted by Gasteiger charge is -2.37. The highest BCUT2D eigenvalue weighted by molar-refractivity contribution is 7.10. The summed E-state index contributed by atoms with van der Waals surface area (Å²) >= 11 is 1.93. The summed E-state index contributed by atoms with van der Waals surface area (Å²) < 4.78 is 0. The average Bonchev–Trinajstić information content (AvgIpc) is 2.76. The van der Waals surface area contributed by atoms with Crippen molar-refractivity contribution in [1.29, 1.82) is 0 Å². The predicted molar refractivity (Wildman–Crippen MR) is 81.1 cm³/mol. The van der Waals surface area contributed by atoms with Gasteiger partial charge in [-0.1, -0.05) is 27.2 Å². The molecule has 1 saturated carbocycles. The first-order valence-corrected chi connectivity index (χ1v) is 8.28. The second-order valence-electron chi connectivity index (χ2n) is 6.03. The highest BCUT2D eigenvalue weighted by Crippen LogP contribution is 2.41. The first-order chi connectivity index (χ1) is 8.63. The fourth-order valence-corrected chi connectivity index (χ4v) is 4.38. The molecule has 4 unspecified atom stereocenters. The molecule has 0 aliphatic heterocycles. The first-order valence-electron chi connectivity index (χ1n) is 7.40. The fraction of sp³-hybridized carbons (Fsp3) is 0.750. The van der Waals surface area contributed by atoms with Crippen LogP contribution in [-0.2, 0) is 0 Å². The van der Waals surface area contributed by atoms with Gasteiger partial charge in [0.25, 0.3) is 0 Å². The normalized spacial score (nSPS) is 30.3. The first kappa shape index (κ1) is 14.1. The van der Waals surface area contributed by atoms with Crippen LogP contribution in [0.4, 0.5) is 0 Å². The largest absolute Gasteiger partial charge is 0.309 e. The lowest BCUT2D eigenvalue weighted by atomic mass is 9.72. The molecule has 0 bridgehead atoms. The zero-order valence-electron chi connectivity index (χ0n) is 12.2. The quantitative estimate of drug-likeness (QED) is 0.826. The molecule has 4 atom stereocenters. The second kappa shape index (κ2) is 6.21. The van der Waals surface area contributed by atoms with E-state index in [1.54, 1.807) is 4.88 Å². The van der Waals surface area contributed by atoms with E-state index in [1.807, 2.05) is 11.3 Å². The number of nitrogens with one attached hydrogen (secondary N) is 1. The summed E-state index contributed by atoms with van der Waals surface area (Å²) in [5, 5.41) is 5.98. The Labute approximate surface area is 116 Å². The maximum Gasteiger partial charge on any atom is 0.0446 e. The van der Waals surface area contributed by atoms with Crippen LogP contribution in [0.25, 0.3) is 0 Å². The topological polar surface area (TPSA) is 12.0 Å².